The Morgan fingerprint density at radius 3 is 2.00 bits per heavy atom. The van der Waals surface area contributed by atoms with E-state index in [2.05, 4.69) is 0 Å². The lowest BCUT2D eigenvalue weighted by molar-refractivity contribution is 0.108. The Morgan fingerprint density at radius 1 is 1.25 bits per heavy atom. The number of rotatable bonds is 1. The Bertz CT molecular complexity index is 310. The highest BCUT2D eigenvalue weighted by atomic mass is 35.5. The van der Waals surface area contributed by atoms with Gasteiger partial charge in [-0.2, -0.15) is 0 Å². The molecule has 0 unspecified atom stereocenters. The monoisotopic (exact) mass is 222 g/mol. The average molecular weight is 223 g/mol. The quantitative estimate of drug-likeness (QED) is 0.664. The van der Waals surface area contributed by atoms with Crippen LogP contribution in [0.2, 0.25) is 10.0 Å². The summed E-state index contributed by atoms with van der Waals surface area (Å²) >= 11 is 16.7. The van der Waals surface area contributed by atoms with Gasteiger partial charge in [-0.25, -0.2) is 0 Å². The van der Waals surface area contributed by atoms with Crippen molar-refractivity contribution in [2.45, 2.75) is 6.92 Å². The van der Waals surface area contributed by atoms with Crippen molar-refractivity contribution in [2.75, 3.05) is 0 Å². The van der Waals surface area contributed by atoms with Gasteiger partial charge in [0.2, 0.25) is 0 Å². The summed E-state index contributed by atoms with van der Waals surface area (Å²) in [6.07, 6.45) is 0. The lowest BCUT2D eigenvalue weighted by atomic mass is 10.2. The van der Waals surface area contributed by atoms with E-state index in [9.17, 15) is 4.79 Å². The van der Waals surface area contributed by atoms with Crippen molar-refractivity contribution in [3.8, 4) is 0 Å². The molecule has 0 aliphatic carbocycles. The van der Waals surface area contributed by atoms with Crippen molar-refractivity contribution in [1.29, 1.82) is 0 Å². The second kappa shape index (κ2) is 3.65. The van der Waals surface area contributed by atoms with E-state index in [1.54, 1.807) is 12.1 Å². The standard InChI is InChI=1S/C8H5Cl3O/c1-4-2-5(9)7(8(11)12)6(10)3-4/h2-3H,1H3. The Hall–Kier alpha value is -0.240. The maximum atomic E-state index is 10.8. The Balaban J connectivity index is 3.38. The molecule has 0 heterocycles. The van der Waals surface area contributed by atoms with Crippen LogP contribution in [0.3, 0.4) is 0 Å². The number of benzene rings is 1. The highest BCUT2D eigenvalue weighted by Crippen LogP contribution is 2.27. The van der Waals surface area contributed by atoms with Crippen LogP contribution in [0.1, 0.15) is 15.9 Å². The molecule has 64 valence electrons. The normalized spacial score (nSPS) is 10.0. The van der Waals surface area contributed by atoms with Crippen LogP contribution >= 0.6 is 34.8 Å². The molecule has 0 saturated carbocycles. The van der Waals surface area contributed by atoms with E-state index in [-0.39, 0.29) is 5.56 Å². The molecule has 0 amide bonds. The van der Waals surface area contributed by atoms with E-state index in [0.717, 1.165) is 5.56 Å². The molecule has 0 bridgehead atoms. The fourth-order valence-electron chi connectivity index (χ4n) is 0.888. The van der Waals surface area contributed by atoms with E-state index in [0.29, 0.717) is 10.0 Å². The third-order valence-corrected chi connectivity index (χ3v) is 2.17. The summed E-state index contributed by atoms with van der Waals surface area (Å²) in [5.74, 6) is 0. The summed E-state index contributed by atoms with van der Waals surface area (Å²) in [4.78, 5) is 10.8. The van der Waals surface area contributed by atoms with Crippen LogP contribution in [-0.4, -0.2) is 5.24 Å². The molecular formula is C8H5Cl3O. The third-order valence-electron chi connectivity index (χ3n) is 1.38. The van der Waals surface area contributed by atoms with Crippen molar-refractivity contribution in [1.82, 2.24) is 0 Å². The second-order valence-corrected chi connectivity index (χ2v) is 3.53. The number of halogens is 3. The average Bonchev–Trinajstić information content (AvgIpc) is 1.82. The van der Waals surface area contributed by atoms with E-state index in [1.165, 1.54) is 0 Å². The number of hydrogen-bond acceptors (Lipinski definition) is 1. The molecule has 0 N–H and O–H groups in total. The van der Waals surface area contributed by atoms with E-state index < -0.39 is 5.24 Å². The smallest absolute Gasteiger partial charge is 0.255 e. The molecule has 0 aromatic heterocycles. The molecule has 1 rings (SSSR count). The van der Waals surface area contributed by atoms with Gasteiger partial charge in [0.25, 0.3) is 5.24 Å². The van der Waals surface area contributed by atoms with E-state index >= 15 is 0 Å². The van der Waals surface area contributed by atoms with Crippen LogP contribution in [0, 0.1) is 6.92 Å². The highest BCUT2D eigenvalue weighted by molar-refractivity contribution is 6.69. The van der Waals surface area contributed by atoms with Crippen molar-refractivity contribution >= 4 is 40.0 Å². The largest absolute Gasteiger partial charge is 0.275 e. The summed E-state index contributed by atoms with van der Waals surface area (Å²) in [5, 5.41) is -0.0509. The van der Waals surface area contributed by atoms with Gasteiger partial charge < -0.3 is 0 Å². The number of carbonyl (C=O) groups excluding carboxylic acids is 1. The van der Waals surface area contributed by atoms with Crippen LogP contribution in [0.15, 0.2) is 12.1 Å². The predicted octanol–water partition coefficient (Wildman–Crippen LogP) is 3.68. The molecule has 1 aromatic carbocycles. The minimum absolute atomic E-state index is 0.172. The Labute approximate surface area is 85.2 Å². The summed E-state index contributed by atoms with van der Waals surface area (Å²) in [6, 6.07) is 3.28. The Morgan fingerprint density at radius 2 is 1.67 bits per heavy atom. The van der Waals surface area contributed by atoms with Gasteiger partial charge >= 0.3 is 0 Å². The molecule has 12 heavy (non-hydrogen) atoms. The maximum absolute atomic E-state index is 10.8. The second-order valence-electron chi connectivity index (χ2n) is 2.38. The molecule has 0 radical (unpaired) electrons. The number of hydrogen-bond donors (Lipinski definition) is 0. The van der Waals surface area contributed by atoms with E-state index in [1.807, 2.05) is 6.92 Å². The van der Waals surface area contributed by atoms with Crippen molar-refractivity contribution in [2.24, 2.45) is 0 Å². The first-order valence-electron chi connectivity index (χ1n) is 3.18. The maximum Gasteiger partial charge on any atom is 0.255 e. The lowest BCUT2D eigenvalue weighted by Gasteiger charge is -2.02. The van der Waals surface area contributed by atoms with Gasteiger partial charge in [0.15, 0.2) is 0 Å². The van der Waals surface area contributed by atoms with Crippen LogP contribution in [-0.2, 0) is 0 Å². The van der Waals surface area contributed by atoms with Gasteiger partial charge in [-0.15, -0.1) is 0 Å². The minimum atomic E-state index is -0.634. The molecule has 1 nitrogen and oxygen atoms in total. The van der Waals surface area contributed by atoms with Gasteiger partial charge in [-0.05, 0) is 36.2 Å². The SMILES string of the molecule is Cc1cc(Cl)c(C(=O)Cl)c(Cl)c1. The summed E-state index contributed by atoms with van der Waals surface area (Å²) in [5.41, 5.74) is 1.07. The highest BCUT2D eigenvalue weighted by Gasteiger charge is 2.12. The van der Waals surface area contributed by atoms with Gasteiger partial charge in [-0.3, -0.25) is 4.79 Å². The zero-order chi connectivity index (χ0) is 9.30. The molecule has 0 atom stereocenters. The van der Waals surface area contributed by atoms with E-state index in [4.69, 9.17) is 34.8 Å². The van der Waals surface area contributed by atoms with Gasteiger partial charge in [0, 0.05) is 0 Å². The molecule has 0 fully saturated rings. The van der Waals surface area contributed by atoms with Crippen LogP contribution in [0.5, 0.6) is 0 Å². The molecule has 4 heteroatoms. The number of aryl methyl sites for hydroxylation is 1. The predicted molar refractivity (Wildman–Crippen MR) is 51.4 cm³/mol. The van der Waals surface area contributed by atoms with Crippen molar-refractivity contribution < 1.29 is 4.79 Å². The first kappa shape index (κ1) is 9.85. The van der Waals surface area contributed by atoms with Gasteiger partial charge in [0.05, 0.1) is 15.6 Å². The van der Waals surface area contributed by atoms with Crippen LogP contribution < -0.4 is 0 Å². The van der Waals surface area contributed by atoms with Crippen LogP contribution in [0.4, 0.5) is 0 Å². The third kappa shape index (κ3) is 1.92. The zero-order valence-corrected chi connectivity index (χ0v) is 8.46. The van der Waals surface area contributed by atoms with Crippen LogP contribution in [0.25, 0.3) is 0 Å². The zero-order valence-electron chi connectivity index (χ0n) is 6.20. The molecule has 0 spiro atoms. The summed E-state index contributed by atoms with van der Waals surface area (Å²) < 4.78 is 0. The first-order chi connectivity index (χ1) is 5.52. The number of carbonyl (C=O) groups is 1. The molecular weight excluding hydrogens is 218 g/mol. The molecule has 0 aliphatic rings. The molecule has 0 saturated heterocycles. The topological polar surface area (TPSA) is 17.1 Å². The first-order valence-corrected chi connectivity index (χ1v) is 4.31. The van der Waals surface area contributed by atoms with Gasteiger partial charge in [0.1, 0.15) is 0 Å². The minimum Gasteiger partial charge on any atom is -0.275 e. The summed E-state index contributed by atoms with van der Waals surface area (Å²) in [6.45, 7) is 1.83. The van der Waals surface area contributed by atoms with Gasteiger partial charge in [-0.1, -0.05) is 23.2 Å². The van der Waals surface area contributed by atoms with Crippen molar-refractivity contribution in [3.05, 3.63) is 33.3 Å². The molecule has 1 aromatic rings. The summed E-state index contributed by atoms with van der Waals surface area (Å²) in [7, 11) is 0. The lowest BCUT2D eigenvalue weighted by Crippen LogP contribution is -1.92. The fourth-order valence-corrected chi connectivity index (χ4v) is 1.96. The molecule has 0 aliphatic heterocycles. The van der Waals surface area contributed by atoms with Crippen molar-refractivity contribution in [3.63, 3.8) is 0 Å². The Kier molecular flexibility index (Phi) is 2.99. The fraction of sp³-hybridized carbons (Fsp3) is 0.125.